The van der Waals surface area contributed by atoms with Crippen molar-refractivity contribution < 1.29 is 15.0 Å². The number of carboxylic acids is 1. The number of aliphatic carboxylic acids is 1. The fourth-order valence-electron chi connectivity index (χ4n) is 3.01. The Bertz CT molecular complexity index is 444. The molecule has 0 bridgehead atoms. The molecule has 1 aliphatic carbocycles. The second kappa shape index (κ2) is 6.37. The number of aliphatic hydroxyl groups is 1. The van der Waals surface area contributed by atoms with Gasteiger partial charge in [-0.2, -0.15) is 0 Å². The number of hydrogen-bond acceptors (Lipinski definition) is 3. The molecule has 3 N–H and O–H groups in total. The van der Waals surface area contributed by atoms with E-state index in [9.17, 15) is 9.90 Å². The number of hydrogen-bond donors (Lipinski definition) is 3. The van der Waals surface area contributed by atoms with Crippen LogP contribution in [0.4, 0.5) is 0 Å². The van der Waals surface area contributed by atoms with Crippen LogP contribution in [0.15, 0.2) is 30.3 Å². The molecule has 1 aliphatic rings. The molecule has 3 atom stereocenters. The van der Waals surface area contributed by atoms with E-state index in [1.807, 2.05) is 30.3 Å². The topological polar surface area (TPSA) is 69.6 Å². The van der Waals surface area contributed by atoms with E-state index in [1.165, 1.54) is 0 Å². The molecular weight excluding hydrogens is 254 g/mol. The van der Waals surface area contributed by atoms with Gasteiger partial charge in [-0.05, 0) is 37.8 Å². The fourth-order valence-corrected chi connectivity index (χ4v) is 3.01. The summed E-state index contributed by atoms with van der Waals surface area (Å²) in [5, 5.41) is 22.8. The Morgan fingerprint density at radius 1 is 1.35 bits per heavy atom. The lowest BCUT2D eigenvalue weighted by Crippen LogP contribution is -2.38. The van der Waals surface area contributed by atoms with E-state index >= 15 is 0 Å². The van der Waals surface area contributed by atoms with Crippen molar-refractivity contribution in [2.24, 2.45) is 11.8 Å². The van der Waals surface area contributed by atoms with Crippen LogP contribution in [-0.2, 0) is 10.4 Å². The quantitative estimate of drug-likeness (QED) is 0.743. The lowest BCUT2D eigenvalue weighted by Gasteiger charge is -2.26. The van der Waals surface area contributed by atoms with Crippen LogP contribution in [0.1, 0.15) is 31.7 Å². The average Bonchev–Trinajstić information content (AvgIpc) is 2.88. The van der Waals surface area contributed by atoms with Crippen LogP contribution in [0.3, 0.4) is 0 Å². The molecule has 1 aromatic carbocycles. The maximum Gasteiger partial charge on any atom is 0.306 e. The first-order chi connectivity index (χ1) is 9.50. The first-order valence-corrected chi connectivity index (χ1v) is 7.22. The molecule has 0 heterocycles. The van der Waals surface area contributed by atoms with E-state index in [2.05, 4.69) is 5.32 Å². The van der Waals surface area contributed by atoms with E-state index in [4.69, 9.17) is 5.11 Å². The number of benzene rings is 1. The number of carboxylic acid groups (broad SMARTS) is 1. The van der Waals surface area contributed by atoms with Gasteiger partial charge in [0.1, 0.15) is 0 Å². The second-order valence-corrected chi connectivity index (χ2v) is 5.91. The van der Waals surface area contributed by atoms with Crippen LogP contribution in [0.5, 0.6) is 0 Å². The molecule has 3 unspecified atom stereocenters. The summed E-state index contributed by atoms with van der Waals surface area (Å²) < 4.78 is 0. The van der Waals surface area contributed by atoms with Gasteiger partial charge < -0.3 is 15.5 Å². The number of nitrogens with one attached hydrogen (secondary N) is 1. The molecular formula is C16H23NO3. The van der Waals surface area contributed by atoms with Crippen LogP contribution >= 0.6 is 0 Å². The summed E-state index contributed by atoms with van der Waals surface area (Å²) in [6.07, 6.45) is 2.71. The van der Waals surface area contributed by atoms with Crippen molar-refractivity contribution in [1.82, 2.24) is 5.32 Å². The van der Waals surface area contributed by atoms with Crippen molar-refractivity contribution in [3.8, 4) is 0 Å². The summed E-state index contributed by atoms with van der Waals surface area (Å²) in [5.74, 6) is -0.743. The van der Waals surface area contributed by atoms with Gasteiger partial charge in [-0.3, -0.25) is 4.79 Å². The van der Waals surface area contributed by atoms with Gasteiger partial charge in [0, 0.05) is 6.54 Å². The Hall–Kier alpha value is -1.39. The normalized spacial score (nSPS) is 25.3. The minimum absolute atomic E-state index is 0.180. The standard InChI is InChI=1S/C16H23NO3/c1-16(20,13-7-3-2-4-8-13)11-17-10-12-6-5-9-14(12)15(18)19/h2-4,7-8,12,14,17,20H,5-6,9-11H2,1H3,(H,18,19). The van der Waals surface area contributed by atoms with Gasteiger partial charge in [-0.15, -0.1) is 0 Å². The highest BCUT2D eigenvalue weighted by Gasteiger charge is 2.33. The monoisotopic (exact) mass is 277 g/mol. The molecule has 1 aromatic rings. The van der Waals surface area contributed by atoms with Gasteiger partial charge in [0.05, 0.1) is 11.5 Å². The maximum absolute atomic E-state index is 11.1. The first-order valence-electron chi connectivity index (χ1n) is 7.22. The molecule has 0 aliphatic heterocycles. The molecule has 1 fully saturated rings. The third kappa shape index (κ3) is 3.58. The average molecular weight is 277 g/mol. The summed E-state index contributed by atoms with van der Waals surface area (Å²) in [6.45, 7) is 2.86. The van der Waals surface area contributed by atoms with Crippen molar-refractivity contribution in [1.29, 1.82) is 0 Å². The predicted molar refractivity (Wildman–Crippen MR) is 77.3 cm³/mol. The summed E-state index contributed by atoms with van der Waals surface area (Å²) in [7, 11) is 0. The van der Waals surface area contributed by atoms with Gasteiger partial charge in [0.15, 0.2) is 0 Å². The van der Waals surface area contributed by atoms with E-state index in [-0.39, 0.29) is 11.8 Å². The Kier molecular flexibility index (Phi) is 4.78. The molecule has 1 saturated carbocycles. The molecule has 4 heteroatoms. The lowest BCUT2D eigenvalue weighted by atomic mass is 9.94. The number of carbonyl (C=O) groups is 1. The number of rotatable bonds is 6. The highest BCUT2D eigenvalue weighted by Crippen LogP contribution is 2.31. The maximum atomic E-state index is 11.1. The van der Waals surface area contributed by atoms with Crippen molar-refractivity contribution in [2.45, 2.75) is 31.8 Å². The third-order valence-electron chi connectivity index (χ3n) is 4.25. The Morgan fingerprint density at radius 3 is 2.70 bits per heavy atom. The Balaban J connectivity index is 1.85. The highest BCUT2D eigenvalue weighted by atomic mass is 16.4. The zero-order chi connectivity index (χ0) is 14.6. The van der Waals surface area contributed by atoms with Gasteiger partial charge in [-0.25, -0.2) is 0 Å². The molecule has 0 amide bonds. The highest BCUT2D eigenvalue weighted by molar-refractivity contribution is 5.70. The fraction of sp³-hybridized carbons (Fsp3) is 0.562. The van der Waals surface area contributed by atoms with E-state index in [0.29, 0.717) is 13.1 Å². The Morgan fingerprint density at radius 2 is 2.05 bits per heavy atom. The molecule has 0 saturated heterocycles. The molecule has 0 aromatic heterocycles. The molecule has 4 nitrogen and oxygen atoms in total. The van der Waals surface area contributed by atoms with Crippen LogP contribution in [0.2, 0.25) is 0 Å². The van der Waals surface area contributed by atoms with Gasteiger partial charge in [0.2, 0.25) is 0 Å². The minimum atomic E-state index is -0.932. The first kappa shape index (κ1) is 15.0. The van der Waals surface area contributed by atoms with Crippen molar-refractivity contribution in [2.75, 3.05) is 13.1 Å². The summed E-state index contributed by atoms with van der Waals surface area (Å²) in [6, 6.07) is 9.53. The second-order valence-electron chi connectivity index (χ2n) is 5.91. The van der Waals surface area contributed by atoms with E-state index < -0.39 is 11.6 Å². The van der Waals surface area contributed by atoms with Crippen LogP contribution in [-0.4, -0.2) is 29.3 Å². The van der Waals surface area contributed by atoms with Gasteiger partial charge in [-0.1, -0.05) is 36.8 Å². The van der Waals surface area contributed by atoms with Gasteiger partial charge in [0.25, 0.3) is 0 Å². The minimum Gasteiger partial charge on any atom is -0.481 e. The summed E-state index contributed by atoms with van der Waals surface area (Å²) in [4.78, 5) is 11.1. The Labute approximate surface area is 119 Å². The largest absolute Gasteiger partial charge is 0.481 e. The third-order valence-corrected chi connectivity index (χ3v) is 4.25. The molecule has 0 spiro atoms. The molecule has 2 rings (SSSR count). The van der Waals surface area contributed by atoms with Crippen LogP contribution in [0, 0.1) is 11.8 Å². The predicted octanol–water partition coefficient (Wildman–Crippen LogP) is 1.98. The molecule has 0 radical (unpaired) electrons. The zero-order valence-electron chi connectivity index (χ0n) is 11.9. The zero-order valence-corrected chi connectivity index (χ0v) is 11.9. The van der Waals surface area contributed by atoms with Crippen molar-refractivity contribution >= 4 is 5.97 Å². The molecule has 110 valence electrons. The SMILES string of the molecule is CC(O)(CNCC1CCCC1C(=O)O)c1ccccc1. The van der Waals surface area contributed by atoms with Crippen LogP contribution < -0.4 is 5.32 Å². The van der Waals surface area contributed by atoms with Crippen molar-refractivity contribution in [3.05, 3.63) is 35.9 Å². The van der Waals surface area contributed by atoms with E-state index in [1.54, 1.807) is 6.92 Å². The summed E-state index contributed by atoms with van der Waals surface area (Å²) >= 11 is 0. The van der Waals surface area contributed by atoms with Gasteiger partial charge >= 0.3 is 5.97 Å². The smallest absolute Gasteiger partial charge is 0.306 e. The van der Waals surface area contributed by atoms with Crippen LogP contribution in [0.25, 0.3) is 0 Å². The molecule has 20 heavy (non-hydrogen) atoms. The summed E-state index contributed by atoms with van der Waals surface area (Å²) in [5.41, 5.74) is -0.0628. The lowest BCUT2D eigenvalue weighted by molar-refractivity contribution is -0.142. The van der Waals surface area contributed by atoms with Crippen molar-refractivity contribution in [3.63, 3.8) is 0 Å². The van der Waals surface area contributed by atoms with E-state index in [0.717, 1.165) is 24.8 Å².